The van der Waals surface area contributed by atoms with E-state index in [1.54, 1.807) is 19.9 Å². The standard InChI is InChI=1S/C15H16F3N5O2/c1-9(2)20-14-21-12(15(16,17)18)7-13(22-14)19-8-10-5-3-4-6-11(10)23(24)25/h3-7,9H,8H2,1-2H3,(H2,19,20,21,22). The molecule has 0 bridgehead atoms. The van der Waals surface area contributed by atoms with Gasteiger partial charge in [-0.25, -0.2) is 4.98 Å². The van der Waals surface area contributed by atoms with Crippen molar-refractivity contribution in [2.75, 3.05) is 10.6 Å². The summed E-state index contributed by atoms with van der Waals surface area (Å²) in [5.74, 6) is -0.251. The summed E-state index contributed by atoms with van der Waals surface area (Å²) >= 11 is 0. The van der Waals surface area contributed by atoms with Gasteiger partial charge < -0.3 is 10.6 Å². The van der Waals surface area contributed by atoms with Crippen molar-refractivity contribution < 1.29 is 18.1 Å². The van der Waals surface area contributed by atoms with E-state index in [1.807, 2.05) is 0 Å². The van der Waals surface area contributed by atoms with Crippen molar-refractivity contribution in [2.24, 2.45) is 0 Å². The number of benzene rings is 1. The molecule has 0 unspecified atom stereocenters. The molecule has 0 aliphatic rings. The number of alkyl halides is 3. The second-order valence-electron chi connectivity index (χ2n) is 5.50. The molecule has 2 N–H and O–H groups in total. The second-order valence-corrected chi connectivity index (χ2v) is 5.50. The lowest BCUT2D eigenvalue weighted by Crippen LogP contribution is -2.17. The molecule has 10 heteroatoms. The summed E-state index contributed by atoms with van der Waals surface area (Å²) in [6.45, 7) is 3.43. The molecule has 2 aromatic rings. The molecule has 0 aliphatic heterocycles. The van der Waals surface area contributed by atoms with Crippen LogP contribution in [0.4, 0.5) is 30.6 Å². The van der Waals surface area contributed by atoms with Gasteiger partial charge in [0.25, 0.3) is 5.69 Å². The number of aromatic nitrogens is 2. The molecule has 0 radical (unpaired) electrons. The fourth-order valence-electron chi connectivity index (χ4n) is 2.03. The van der Waals surface area contributed by atoms with Gasteiger partial charge in [0.05, 0.1) is 4.92 Å². The highest BCUT2D eigenvalue weighted by atomic mass is 19.4. The molecule has 134 valence electrons. The lowest BCUT2D eigenvalue weighted by atomic mass is 10.2. The minimum Gasteiger partial charge on any atom is -0.366 e. The molecule has 0 atom stereocenters. The van der Waals surface area contributed by atoms with Crippen molar-refractivity contribution in [3.63, 3.8) is 0 Å². The van der Waals surface area contributed by atoms with Crippen LogP contribution >= 0.6 is 0 Å². The van der Waals surface area contributed by atoms with Gasteiger partial charge in [-0.2, -0.15) is 18.2 Å². The van der Waals surface area contributed by atoms with Crippen LogP contribution in [0.15, 0.2) is 30.3 Å². The number of halogens is 3. The van der Waals surface area contributed by atoms with Crippen LogP contribution in [0.3, 0.4) is 0 Å². The number of rotatable bonds is 6. The maximum absolute atomic E-state index is 13.0. The lowest BCUT2D eigenvalue weighted by Gasteiger charge is -2.14. The fourth-order valence-corrected chi connectivity index (χ4v) is 2.03. The van der Waals surface area contributed by atoms with E-state index in [9.17, 15) is 23.3 Å². The van der Waals surface area contributed by atoms with E-state index in [0.717, 1.165) is 6.07 Å². The monoisotopic (exact) mass is 355 g/mol. The Labute approximate surface area is 141 Å². The molecule has 0 saturated heterocycles. The van der Waals surface area contributed by atoms with Gasteiger partial charge in [0, 0.05) is 30.3 Å². The maximum Gasteiger partial charge on any atom is 0.433 e. The van der Waals surface area contributed by atoms with E-state index in [1.165, 1.54) is 18.2 Å². The topological polar surface area (TPSA) is 93.0 Å². The van der Waals surface area contributed by atoms with Crippen LogP contribution in [0.1, 0.15) is 25.1 Å². The van der Waals surface area contributed by atoms with E-state index in [4.69, 9.17) is 0 Å². The third-order valence-corrected chi connectivity index (χ3v) is 3.08. The van der Waals surface area contributed by atoms with Gasteiger partial charge in [-0.15, -0.1) is 0 Å². The molecular weight excluding hydrogens is 339 g/mol. The molecule has 0 fully saturated rings. The van der Waals surface area contributed by atoms with Crippen molar-refractivity contribution in [3.05, 3.63) is 51.7 Å². The first-order valence-electron chi connectivity index (χ1n) is 7.36. The van der Waals surface area contributed by atoms with Crippen LogP contribution in [-0.4, -0.2) is 20.9 Å². The summed E-state index contributed by atoms with van der Waals surface area (Å²) in [5, 5.41) is 16.4. The van der Waals surface area contributed by atoms with Crippen molar-refractivity contribution in [3.8, 4) is 0 Å². The number of nitro groups is 1. The first kappa shape index (κ1) is 18.4. The number of nitrogens with zero attached hydrogens (tertiary/aromatic N) is 3. The number of para-hydroxylation sites is 1. The van der Waals surface area contributed by atoms with Crippen LogP contribution in [0.2, 0.25) is 0 Å². The predicted molar refractivity (Wildman–Crippen MR) is 86.2 cm³/mol. The van der Waals surface area contributed by atoms with E-state index in [-0.39, 0.29) is 30.0 Å². The first-order chi connectivity index (χ1) is 11.7. The van der Waals surface area contributed by atoms with Gasteiger partial charge in [0.2, 0.25) is 5.95 Å². The molecular formula is C15H16F3N5O2. The molecule has 1 aromatic heterocycles. The summed E-state index contributed by atoms with van der Waals surface area (Å²) < 4.78 is 39.0. The van der Waals surface area contributed by atoms with Crippen molar-refractivity contribution in [1.82, 2.24) is 9.97 Å². The fraction of sp³-hybridized carbons (Fsp3) is 0.333. The molecule has 1 heterocycles. The molecule has 0 amide bonds. The Hall–Kier alpha value is -2.91. The third kappa shape index (κ3) is 5.03. The Morgan fingerprint density at radius 2 is 1.92 bits per heavy atom. The Morgan fingerprint density at radius 1 is 1.24 bits per heavy atom. The minimum atomic E-state index is -4.63. The summed E-state index contributed by atoms with van der Waals surface area (Å²) in [6, 6.07) is 6.57. The zero-order chi connectivity index (χ0) is 18.6. The average Bonchev–Trinajstić information content (AvgIpc) is 2.51. The minimum absolute atomic E-state index is 0.0490. The van der Waals surface area contributed by atoms with Crippen molar-refractivity contribution in [1.29, 1.82) is 0 Å². The van der Waals surface area contributed by atoms with Crippen LogP contribution < -0.4 is 10.6 Å². The Balaban J connectivity index is 2.28. The second kappa shape index (κ2) is 7.32. The van der Waals surface area contributed by atoms with Crippen LogP contribution in [0.25, 0.3) is 0 Å². The average molecular weight is 355 g/mol. The highest BCUT2D eigenvalue weighted by Crippen LogP contribution is 2.30. The van der Waals surface area contributed by atoms with Gasteiger partial charge in [-0.1, -0.05) is 18.2 Å². The summed E-state index contributed by atoms with van der Waals surface area (Å²) in [5.41, 5.74) is -0.894. The molecule has 0 spiro atoms. The summed E-state index contributed by atoms with van der Waals surface area (Å²) in [6.07, 6.45) is -4.63. The lowest BCUT2D eigenvalue weighted by molar-refractivity contribution is -0.385. The molecule has 2 rings (SSSR count). The molecule has 0 saturated carbocycles. The van der Waals surface area contributed by atoms with Crippen molar-refractivity contribution in [2.45, 2.75) is 32.6 Å². The number of hydrogen-bond acceptors (Lipinski definition) is 6. The Bertz CT molecular complexity index is 765. The van der Waals surface area contributed by atoms with Crippen LogP contribution in [0, 0.1) is 10.1 Å². The van der Waals surface area contributed by atoms with Crippen LogP contribution in [0.5, 0.6) is 0 Å². The van der Waals surface area contributed by atoms with Gasteiger partial charge in [0.15, 0.2) is 5.69 Å². The number of hydrogen-bond donors (Lipinski definition) is 2. The third-order valence-electron chi connectivity index (χ3n) is 3.08. The number of nitro benzene ring substituents is 1. The zero-order valence-corrected chi connectivity index (χ0v) is 13.5. The van der Waals surface area contributed by atoms with Gasteiger partial charge in [-0.3, -0.25) is 10.1 Å². The highest BCUT2D eigenvalue weighted by Gasteiger charge is 2.33. The highest BCUT2D eigenvalue weighted by molar-refractivity contribution is 5.46. The van der Waals surface area contributed by atoms with E-state index >= 15 is 0 Å². The molecule has 25 heavy (non-hydrogen) atoms. The summed E-state index contributed by atoms with van der Waals surface area (Å²) in [4.78, 5) is 17.9. The van der Waals surface area contributed by atoms with Crippen molar-refractivity contribution >= 4 is 17.5 Å². The zero-order valence-electron chi connectivity index (χ0n) is 13.5. The number of anilines is 2. The van der Waals surface area contributed by atoms with E-state index < -0.39 is 16.8 Å². The molecule has 1 aromatic carbocycles. The smallest absolute Gasteiger partial charge is 0.366 e. The molecule has 7 nitrogen and oxygen atoms in total. The van der Waals surface area contributed by atoms with Gasteiger partial charge >= 0.3 is 6.18 Å². The summed E-state index contributed by atoms with van der Waals surface area (Å²) in [7, 11) is 0. The quantitative estimate of drug-likeness (QED) is 0.604. The number of nitrogens with one attached hydrogen (secondary N) is 2. The largest absolute Gasteiger partial charge is 0.433 e. The van der Waals surface area contributed by atoms with Gasteiger partial charge in [0.1, 0.15) is 5.82 Å². The van der Waals surface area contributed by atoms with Gasteiger partial charge in [-0.05, 0) is 13.8 Å². The van der Waals surface area contributed by atoms with E-state index in [0.29, 0.717) is 5.56 Å². The first-order valence-corrected chi connectivity index (χ1v) is 7.36. The normalized spacial score (nSPS) is 11.4. The molecule has 0 aliphatic carbocycles. The maximum atomic E-state index is 13.0. The SMILES string of the molecule is CC(C)Nc1nc(NCc2ccccc2[N+](=O)[O-])cc(C(F)(F)F)n1. The Kier molecular flexibility index (Phi) is 5.40. The predicted octanol–water partition coefficient (Wildman–Crippen LogP) is 3.84. The van der Waals surface area contributed by atoms with E-state index in [2.05, 4.69) is 20.6 Å². The Morgan fingerprint density at radius 3 is 2.52 bits per heavy atom. The van der Waals surface area contributed by atoms with Crippen LogP contribution in [-0.2, 0) is 12.7 Å².